The fourth-order valence-electron chi connectivity index (χ4n) is 4.25. The second kappa shape index (κ2) is 10.8. The zero-order chi connectivity index (χ0) is 25.9. The first-order valence-electron chi connectivity index (χ1n) is 11.9. The van der Waals surface area contributed by atoms with Gasteiger partial charge in [0.25, 0.3) is 6.29 Å². The van der Waals surface area contributed by atoms with E-state index in [1.807, 2.05) is 13.8 Å². The third-order valence-electron chi connectivity index (χ3n) is 6.39. The molecule has 0 unspecified atom stereocenters. The Morgan fingerprint density at radius 3 is 2.34 bits per heavy atom. The Balaban J connectivity index is 1.79. The van der Waals surface area contributed by atoms with E-state index in [2.05, 4.69) is 0 Å². The normalized spacial score (nSPS) is 28.1. The summed E-state index contributed by atoms with van der Waals surface area (Å²) in [6, 6.07) is 0. The second-order valence-electron chi connectivity index (χ2n) is 9.61. The first-order valence-corrected chi connectivity index (χ1v) is 11.9. The number of carbonyl (C=O) groups excluding carboxylic acids is 4. The molecular weight excluding hydrogens is 460 g/mol. The van der Waals surface area contributed by atoms with Crippen LogP contribution in [0.15, 0.2) is 23.5 Å². The zero-order valence-electron chi connectivity index (χ0n) is 21.0. The summed E-state index contributed by atoms with van der Waals surface area (Å²) in [4.78, 5) is 48.2. The predicted molar refractivity (Wildman–Crippen MR) is 120 cm³/mol. The van der Waals surface area contributed by atoms with E-state index in [1.54, 1.807) is 19.9 Å². The average molecular weight is 495 g/mol. The highest BCUT2D eigenvalue weighted by molar-refractivity contribution is 5.79. The Kier molecular flexibility index (Phi) is 8.25. The van der Waals surface area contributed by atoms with E-state index in [9.17, 15) is 19.2 Å². The molecule has 194 valence electrons. The number of carbonyl (C=O) groups is 4. The summed E-state index contributed by atoms with van der Waals surface area (Å²) >= 11 is 0. The SMILES string of the molecule is CC[C@H](C)CC(=O)O[C@@H]1OC=C(COC(=O)[C@H](OC(C)=O)C(C)C)C2=C[C@H](OC(C)=O)[C@]3(CO3)[C@H]21. The smallest absolute Gasteiger partial charge is 0.348 e. The van der Waals surface area contributed by atoms with Crippen molar-refractivity contribution in [3.8, 4) is 0 Å². The molecule has 2 heterocycles. The topological polar surface area (TPSA) is 127 Å². The summed E-state index contributed by atoms with van der Waals surface area (Å²) in [5, 5.41) is 0. The molecule has 0 radical (unpaired) electrons. The van der Waals surface area contributed by atoms with Crippen LogP contribution >= 0.6 is 0 Å². The van der Waals surface area contributed by atoms with Crippen LogP contribution in [0.1, 0.15) is 54.4 Å². The van der Waals surface area contributed by atoms with Crippen LogP contribution in [0.25, 0.3) is 0 Å². The van der Waals surface area contributed by atoms with Gasteiger partial charge in [-0.25, -0.2) is 4.79 Å². The summed E-state index contributed by atoms with van der Waals surface area (Å²) in [7, 11) is 0. The second-order valence-corrected chi connectivity index (χ2v) is 9.61. The van der Waals surface area contributed by atoms with Gasteiger partial charge in [-0.3, -0.25) is 14.4 Å². The Morgan fingerprint density at radius 1 is 1.11 bits per heavy atom. The molecule has 1 fully saturated rings. The lowest BCUT2D eigenvalue weighted by Crippen LogP contribution is -2.44. The Hall–Kier alpha value is -2.88. The molecule has 0 bridgehead atoms. The number of hydrogen-bond donors (Lipinski definition) is 0. The average Bonchev–Trinajstić information content (AvgIpc) is 3.50. The number of ether oxygens (including phenoxy) is 6. The van der Waals surface area contributed by atoms with Gasteiger partial charge in [-0.2, -0.15) is 0 Å². The third-order valence-corrected chi connectivity index (χ3v) is 6.39. The van der Waals surface area contributed by atoms with Gasteiger partial charge in [-0.05, 0) is 17.6 Å². The first-order chi connectivity index (χ1) is 16.5. The first kappa shape index (κ1) is 26.7. The van der Waals surface area contributed by atoms with Crippen molar-refractivity contribution in [3.05, 3.63) is 23.5 Å². The molecule has 10 nitrogen and oxygen atoms in total. The number of hydrogen-bond acceptors (Lipinski definition) is 10. The number of epoxide rings is 1. The van der Waals surface area contributed by atoms with Gasteiger partial charge < -0.3 is 28.4 Å². The highest BCUT2D eigenvalue weighted by Crippen LogP contribution is 2.54. The van der Waals surface area contributed by atoms with Crippen molar-refractivity contribution in [2.24, 2.45) is 17.8 Å². The van der Waals surface area contributed by atoms with E-state index in [4.69, 9.17) is 28.4 Å². The molecule has 6 atom stereocenters. The lowest BCUT2D eigenvalue weighted by Gasteiger charge is -2.33. The van der Waals surface area contributed by atoms with Crippen molar-refractivity contribution in [1.82, 2.24) is 0 Å². The van der Waals surface area contributed by atoms with E-state index in [0.717, 1.165) is 6.42 Å². The van der Waals surface area contributed by atoms with Crippen LogP contribution in [-0.2, 0) is 47.6 Å². The van der Waals surface area contributed by atoms with Crippen molar-refractivity contribution < 1.29 is 47.6 Å². The largest absolute Gasteiger partial charge is 0.461 e. The van der Waals surface area contributed by atoms with Crippen molar-refractivity contribution in [2.75, 3.05) is 13.2 Å². The van der Waals surface area contributed by atoms with Gasteiger partial charge in [-0.1, -0.05) is 34.1 Å². The Bertz CT molecular complexity index is 913. The molecule has 2 aliphatic heterocycles. The minimum absolute atomic E-state index is 0.154. The molecule has 1 spiro atoms. The van der Waals surface area contributed by atoms with Gasteiger partial charge in [-0.15, -0.1) is 0 Å². The lowest BCUT2D eigenvalue weighted by atomic mass is 9.85. The summed E-state index contributed by atoms with van der Waals surface area (Å²) in [6.07, 6.45) is 1.43. The maximum absolute atomic E-state index is 12.6. The van der Waals surface area contributed by atoms with Gasteiger partial charge in [0, 0.05) is 31.8 Å². The van der Waals surface area contributed by atoms with E-state index < -0.39 is 53.9 Å². The molecular formula is C25H34O10. The summed E-state index contributed by atoms with van der Waals surface area (Å²) in [5.41, 5.74) is 0.250. The highest BCUT2D eigenvalue weighted by Gasteiger charge is 2.67. The van der Waals surface area contributed by atoms with Crippen molar-refractivity contribution in [3.63, 3.8) is 0 Å². The standard InChI is InChI=1S/C25H34O10/c1-7-14(4)8-20(28)35-24-21-18(9-19(33-15(5)26)25(21)12-32-25)17(11-31-24)10-30-23(29)22(13(2)3)34-16(6)27/h9,11,13-14,19,21-22,24H,7-8,10,12H2,1-6H3/t14-,19-,21+,22+,24-,25+/m0/s1. The predicted octanol–water partition coefficient (Wildman–Crippen LogP) is 2.59. The van der Waals surface area contributed by atoms with Gasteiger partial charge in [0.1, 0.15) is 12.2 Å². The van der Waals surface area contributed by atoms with Crippen molar-refractivity contribution in [2.45, 2.75) is 78.5 Å². The van der Waals surface area contributed by atoms with Gasteiger partial charge in [0.15, 0.2) is 6.10 Å². The van der Waals surface area contributed by atoms with Gasteiger partial charge in [0.2, 0.25) is 6.10 Å². The molecule has 0 saturated carbocycles. The van der Waals surface area contributed by atoms with E-state index in [0.29, 0.717) is 11.1 Å². The summed E-state index contributed by atoms with van der Waals surface area (Å²) in [6.45, 7) is 10.1. The van der Waals surface area contributed by atoms with Crippen molar-refractivity contribution >= 4 is 23.9 Å². The maximum atomic E-state index is 12.6. The van der Waals surface area contributed by atoms with Crippen molar-refractivity contribution in [1.29, 1.82) is 0 Å². The van der Waals surface area contributed by atoms with E-state index >= 15 is 0 Å². The fourth-order valence-corrected chi connectivity index (χ4v) is 4.25. The van der Waals surface area contributed by atoms with Crippen LogP contribution in [0.5, 0.6) is 0 Å². The lowest BCUT2D eigenvalue weighted by molar-refractivity contribution is -0.186. The van der Waals surface area contributed by atoms with E-state index in [-0.39, 0.29) is 31.5 Å². The summed E-state index contributed by atoms with van der Waals surface area (Å²) < 4.78 is 33.2. The third kappa shape index (κ3) is 6.04. The highest BCUT2D eigenvalue weighted by atomic mass is 16.7. The van der Waals surface area contributed by atoms with E-state index in [1.165, 1.54) is 20.1 Å². The van der Waals surface area contributed by atoms with Gasteiger partial charge in [0.05, 0.1) is 18.8 Å². The molecule has 1 aliphatic carbocycles. The Morgan fingerprint density at radius 2 is 1.80 bits per heavy atom. The van der Waals surface area contributed by atoms with Crippen LogP contribution in [0.3, 0.4) is 0 Å². The molecule has 1 saturated heterocycles. The van der Waals surface area contributed by atoms with Crippen LogP contribution < -0.4 is 0 Å². The minimum Gasteiger partial charge on any atom is -0.461 e. The van der Waals surface area contributed by atoms with Crippen LogP contribution in [0.2, 0.25) is 0 Å². The number of fused-ring (bicyclic) bond motifs is 2. The fraction of sp³-hybridized carbons (Fsp3) is 0.680. The monoisotopic (exact) mass is 494 g/mol. The molecule has 0 amide bonds. The maximum Gasteiger partial charge on any atom is 0.348 e. The molecule has 3 aliphatic rings. The molecule has 3 rings (SSSR count). The van der Waals surface area contributed by atoms with Gasteiger partial charge >= 0.3 is 23.9 Å². The molecule has 10 heteroatoms. The molecule has 0 aromatic heterocycles. The van der Waals surface area contributed by atoms with Crippen LogP contribution in [0.4, 0.5) is 0 Å². The molecule has 0 aromatic carbocycles. The molecule has 0 aromatic rings. The number of esters is 4. The quantitative estimate of drug-likeness (QED) is 0.254. The Labute approximate surface area is 204 Å². The summed E-state index contributed by atoms with van der Waals surface area (Å²) in [5.74, 6) is -2.86. The number of rotatable bonds is 10. The molecule has 0 N–H and O–H groups in total. The van der Waals surface area contributed by atoms with Crippen LogP contribution in [0, 0.1) is 17.8 Å². The zero-order valence-corrected chi connectivity index (χ0v) is 21.0. The molecule has 35 heavy (non-hydrogen) atoms. The minimum atomic E-state index is -1.05. The van der Waals surface area contributed by atoms with Crippen LogP contribution in [-0.4, -0.2) is 61.2 Å².